The maximum absolute atomic E-state index is 8.77. The number of hydrogen-bond acceptors (Lipinski definition) is 5. The van der Waals surface area contributed by atoms with Gasteiger partial charge in [0.1, 0.15) is 0 Å². The van der Waals surface area contributed by atoms with Crippen molar-refractivity contribution in [2.24, 2.45) is 0 Å². The van der Waals surface area contributed by atoms with Crippen LogP contribution in [-0.2, 0) is 0 Å². The zero-order chi connectivity index (χ0) is 9.14. The molecule has 0 atom stereocenters. The lowest BCUT2D eigenvalue weighted by Crippen LogP contribution is -2.31. The number of aromatic nitrogens is 1. The molecule has 4 nitrogen and oxygen atoms in total. The van der Waals surface area contributed by atoms with Crippen molar-refractivity contribution >= 4 is 29.2 Å². The average Bonchev–Trinajstić information content (AvgIpc) is 2.51. The largest absolute Gasteiger partial charge is 0.509 e. The summed E-state index contributed by atoms with van der Waals surface area (Å²) in [5, 5.41) is 20.0. The van der Waals surface area contributed by atoms with Gasteiger partial charge in [-0.3, -0.25) is 0 Å². The Morgan fingerprint density at radius 2 is 2.33 bits per heavy atom. The topological polar surface area (TPSA) is 56.6 Å². The van der Waals surface area contributed by atoms with Crippen LogP contribution in [0.2, 0.25) is 0 Å². The molecule has 0 aliphatic rings. The zero-order valence-corrected chi connectivity index (χ0v) is 7.88. The third-order valence-corrected chi connectivity index (χ3v) is 2.55. The Hall–Kier alpha value is -0.585. The third-order valence-electron chi connectivity index (χ3n) is 1.58. The molecule has 2 N–H and O–H groups in total. The summed E-state index contributed by atoms with van der Waals surface area (Å²) in [5.74, 6) is 0. The Bertz CT molecular complexity index is 253. The molecule has 0 spiro atoms. The summed E-state index contributed by atoms with van der Waals surface area (Å²) in [7, 11) is 0.451. The lowest BCUT2D eigenvalue weighted by Gasteiger charge is -2.11. The van der Waals surface area contributed by atoms with E-state index in [-0.39, 0.29) is 0 Å². The normalized spacial score (nSPS) is 10.0. The third kappa shape index (κ3) is 1.97. The van der Waals surface area contributed by atoms with Gasteiger partial charge in [0.05, 0.1) is 5.59 Å². The molecule has 0 aromatic carbocycles. The van der Waals surface area contributed by atoms with Crippen LogP contribution in [0.25, 0.3) is 0 Å². The van der Waals surface area contributed by atoms with Crippen LogP contribution in [0.1, 0.15) is 6.92 Å². The molecule has 6 heteroatoms. The van der Waals surface area contributed by atoms with Crippen LogP contribution in [0, 0.1) is 0 Å². The predicted octanol–water partition coefficient (Wildman–Crippen LogP) is -0.721. The van der Waals surface area contributed by atoms with Crippen LogP contribution >= 0.6 is 11.3 Å². The van der Waals surface area contributed by atoms with E-state index in [1.165, 1.54) is 11.3 Å². The van der Waals surface area contributed by atoms with E-state index in [9.17, 15) is 0 Å². The predicted molar refractivity (Wildman–Crippen MR) is 50.9 cm³/mol. The van der Waals surface area contributed by atoms with Crippen molar-refractivity contribution in [3.05, 3.63) is 5.38 Å². The van der Waals surface area contributed by atoms with Gasteiger partial charge < -0.3 is 14.9 Å². The summed E-state index contributed by atoms with van der Waals surface area (Å²) in [6.45, 7) is 2.87. The van der Waals surface area contributed by atoms with Crippen molar-refractivity contribution < 1.29 is 10.0 Å². The van der Waals surface area contributed by atoms with E-state index in [0.29, 0.717) is 5.59 Å². The van der Waals surface area contributed by atoms with Crippen LogP contribution in [0.5, 0.6) is 0 Å². The second-order valence-electron chi connectivity index (χ2n) is 2.44. The maximum Gasteiger partial charge on any atom is 0.509 e. The smallest absolute Gasteiger partial charge is 0.422 e. The minimum Gasteiger partial charge on any atom is -0.422 e. The SMILES string of the molecule is CCN(C)c1nc(B(O)O)cs1. The fourth-order valence-electron chi connectivity index (χ4n) is 0.705. The van der Waals surface area contributed by atoms with Crippen LogP contribution in [0.15, 0.2) is 5.38 Å². The summed E-state index contributed by atoms with van der Waals surface area (Å²) in [6, 6.07) is 0. The molecule has 0 saturated heterocycles. The molecule has 0 bridgehead atoms. The fraction of sp³-hybridized carbons (Fsp3) is 0.500. The summed E-state index contributed by atoms with van der Waals surface area (Å²) >= 11 is 1.41. The van der Waals surface area contributed by atoms with E-state index in [2.05, 4.69) is 4.98 Å². The molecule has 1 rings (SSSR count). The molecule has 0 amide bonds. The van der Waals surface area contributed by atoms with Gasteiger partial charge in [0.15, 0.2) is 5.13 Å². The first kappa shape index (κ1) is 9.50. The summed E-state index contributed by atoms with van der Waals surface area (Å²) in [4.78, 5) is 5.97. The number of nitrogens with zero attached hydrogens (tertiary/aromatic N) is 2. The van der Waals surface area contributed by atoms with E-state index in [1.807, 2.05) is 18.9 Å². The van der Waals surface area contributed by atoms with Gasteiger partial charge in [-0.25, -0.2) is 4.98 Å². The van der Waals surface area contributed by atoms with Crippen LogP contribution < -0.4 is 10.5 Å². The lowest BCUT2D eigenvalue weighted by atomic mass is 9.88. The highest BCUT2D eigenvalue weighted by atomic mass is 32.1. The van der Waals surface area contributed by atoms with Gasteiger partial charge in [-0.2, -0.15) is 0 Å². The van der Waals surface area contributed by atoms with Gasteiger partial charge in [0.2, 0.25) is 0 Å². The first-order valence-electron chi connectivity index (χ1n) is 3.67. The fourth-order valence-corrected chi connectivity index (χ4v) is 1.57. The van der Waals surface area contributed by atoms with E-state index in [0.717, 1.165) is 11.7 Å². The highest BCUT2D eigenvalue weighted by Gasteiger charge is 2.15. The molecule has 1 heterocycles. The van der Waals surface area contributed by atoms with Crippen molar-refractivity contribution in [2.75, 3.05) is 18.5 Å². The Morgan fingerprint density at radius 3 is 2.75 bits per heavy atom. The van der Waals surface area contributed by atoms with E-state index >= 15 is 0 Å². The Kier molecular flexibility index (Phi) is 3.08. The number of rotatable bonds is 3. The van der Waals surface area contributed by atoms with Crippen LogP contribution in [-0.4, -0.2) is 35.7 Å². The zero-order valence-electron chi connectivity index (χ0n) is 7.06. The molecule has 0 saturated carbocycles. The van der Waals surface area contributed by atoms with Crippen molar-refractivity contribution in [3.63, 3.8) is 0 Å². The quantitative estimate of drug-likeness (QED) is 0.611. The lowest BCUT2D eigenvalue weighted by molar-refractivity contribution is 0.424. The molecular weight excluding hydrogens is 175 g/mol. The maximum atomic E-state index is 8.77. The molecule has 66 valence electrons. The Balaban J connectivity index is 2.77. The summed E-state index contributed by atoms with van der Waals surface area (Å²) in [5.41, 5.74) is 0.315. The number of anilines is 1. The van der Waals surface area contributed by atoms with Crippen molar-refractivity contribution in [3.8, 4) is 0 Å². The molecular formula is C6H11BN2O2S. The highest BCUT2D eigenvalue weighted by Crippen LogP contribution is 2.13. The van der Waals surface area contributed by atoms with Crippen molar-refractivity contribution in [1.82, 2.24) is 4.98 Å². The molecule has 0 fully saturated rings. The highest BCUT2D eigenvalue weighted by molar-refractivity contribution is 7.14. The van der Waals surface area contributed by atoms with Gasteiger partial charge >= 0.3 is 7.12 Å². The van der Waals surface area contributed by atoms with Gasteiger partial charge in [0.25, 0.3) is 0 Å². The molecule has 0 aliphatic heterocycles. The van der Waals surface area contributed by atoms with Gasteiger partial charge in [-0.05, 0) is 6.92 Å². The number of hydrogen-bond donors (Lipinski definition) is 2. The molecule has 0 radical (unpaired) electrons. The number of thiazole rings is 1. The monoisotopic (exact) mass is 186 g/mol. The van der Waals surface area contributed by atoms with E-state index in [4.69, 9.17) is 10.0 Å². The average molecular weight is 186 g/mol. The first-order valence-corrected chi connectivity index (χ1v) is 4.55. The van der Waals surface area contributed by atoms with Crippen molar-refractivity contribution in [1.29, 1.82) is 0 Å². The van der Waals surface area contributed by atoms with Gasteiger partial charge in [-0.15, -0.1) is 11.3 Å². The van der Waals surface area contributed by atoms with E-state index < -0.39 is 7.12 Å². The molecule has 1 aromatic heterocycles. The standard InChI is InChI=1S/C6H11BN2O2S/c1-3-9(2)6-8-5(4-12-6)7(10)11/h4,10-11H,3H2,1-2H3. The first-order chi connectivity index (χ1) is 5.65. The summed E-state index contributed by atoms with van der Waals surface area (Å²) in [6.07, 6.45) is 0. The van der Waals surface area contributed by atoms with Crippen LogP contribution in [0.4, 0.5) is 5.13 Å². The Morgan fingerprint density at radius 1 is 1.67 bits per heavy atom. The molecule has 1 aromatic rings. The second kappa shape index (κ2) is 3.89. The van der Waals surface area contributed by atoms with E-state index in [1.54, 1.807) is 5.38 Å². The second-order valence-corrected chi connectivity index (χ2v) is 3.28. The van der Waals surface area contributed by atoms with Gasteiger partial charge in [0, 0.05) is 19.0 Å². The minimum absolute atomic E-state index is 0.315. The molecule has 0 unspecified atom stereocenters. The minimum atomic E-state index is -1.46. The molecule has 0 aliphatic carbocycles. The molecule has 12 heavy (non-hydrogen) atoms. The Labute approximate surface area is 75.6 Å². The summed E-state index contributed by atoms with van der Waals surface area (Å²) < 4.78 is 0. The van der Waals surface area contributed by atoms with Gasteiger partial charge in [-0.1, -0.05) is 0 Å². The van der Waals surface area contributed by atoms with Crippen molar-refractivity contribution in [2.45, 2.75) is 6.92 Å². The van der Waals surface area contributed by atoms with Crippen LogP contribution in [0.3, 0.4) is 0 Å².